The lowest BCUT2D eigenvalue weighted by molar-refractivity contribution is -0.137. The van der Waals surface area contributed by atoms with Crippen LogP contribution in [0.5, 0.6) is 0 Å². The van der Waals surface area contributed by atoms with Gasteiger partial charge < -0.3 is 15.7 Å². The molecular weight excluding hydrogens is 282 g/mol. The van der Waals surface area contributed by atoms with Gasteiger partial charge in [0, 0.05) is 24.9 Å². The molecule has 0 heterocycles. The van der Waals surface area contributed by atoms with E-state index in [2.05, 4.69) is 10.6 Å². The van der Waals surface area contributed by atoms with Crippen LogP contribution in [0.15, 0.2) is 30.0 Å². The third-order valence-electron chi connectivity index (χ3n) is 3.18. The van der Waals surface area contributed by atoms with Crippen LogP contribution in [0, 0.1) is 25.2 Å². The molecule has 1 amide bonds. The van der Waals surface area contributed by atoms with E-state index in [0.717, 1.165) is 11.1 Å². The van der Waals surface area contributed by atoms with Gasteiger partial charge in [-0.3, -0.25) is 9.59 Å². The van der Waals surface area contributed by atoms with Crippen LogP contribution in [0.2, 0.25) is 0 Å². The van der Waals surface area contributed by atoms with Crippen LogP contribution in [0.4, 0.5) is 5.69 Å². The summed E-state index contributed by atoms with van der Waals surface area (Å²) < 4.78 is 0. The van der Waals surface area contributed by atoms with Crippen LogP contribution in [-0.2, 0) is 9.59 Å². The Hall–Kier alpha value is -2.81. The van der Waals surface area contributed by atoms with Gasteiger partial charge in [0.05, 0.1) is 0 Å². The van der Waals surface area contributed by atoms with E-state index in [9.17, 15) is 9.59 Å². The van der Waals surface area contributed by atoms with E-state index in [1.807, 2.05) is 32.0 Å². The number of carboxylic acids is 1. The fourth-order valence-corrected chi connectivity index (χ4v) is 1.74. The Labute approximate surface area is 129 Å². The molecule has 0 aliphatic heterocycles. The van der Waals surface area contributed by atoms with Crippen LogP contribution < -0.4 is 10.6 Å². The minimum atomic E-state index is -0.876. The van der Waals surface area contributed by atoms with Gasteiger partial charge in [-0.1, -0.05) is 12.1 Å². The maximum absolute atomic E-state index is 12.0. The van der Waals surface area contributed by atoms with Crippen LogP contribution >= 0.6 is 0 Å². The molecule has 1 rings (SSSR count). The third kappa shape index (κ3) is 5.29. The molecule has 0 aromatic heterocycles. The average Bonchev–Trinajstić information content (AvgIpc) is 2.47. The monoisotopic (exact) mass is 301 g/mol. The van der Waals surface area contributed by atoms with Crippen molar-refractivity contribution in [1.29, 1.82) is 5.26 Å². The number of hydrogen-bond donors (Lipinski definition) is 3. The molecule has 0 saturated carbocycles. The van der Waals surface area contributed by atoms with Crippen LogP contribution in [0.3, 0.4) is 0 Å². The Bertz CT molecular complexity index is 630. The van der Waals surface area contributed by atoms with E-state index in [0.29, 0.717) is 18.7 Å². The fraction of sp³-hybridized carbons (Fsp3) is 0.312. The summed E-state index contributed by atoms with van der Waals surface area (Å²) in [5.74, 6) is -1.37. The fourth-order valence-electron chi connectivity index (χ4n) is 1.74. The Morgan fingerprint density at radius 2 is 2.09 bits per heavy atom. The predicted molar refractivity (Wildman–Crippen MR) is 83.1 cm³/mol. The molecule has 22 heavy (non-hydrogen) atoms. The number of nitrogens with one attached hydrogen (secondary N) is 2. The van der Waals surface area contributed by atoms with Gasteiger partial charge in [0.1, 0.15) is 11.6 Å². The quantitative estimate of drug-likeness (QED) is 0.406. The van der Waals surface area contributed by atoms with Gasteiger partial charge >= 0.3 is 5.97 Å². The van der Waals surface area contributed by atoms with E-state index < -0.39 is 11.9 Å². The summed E-state index contributed by atoms with van der Waals surface area (Å²) in [6.45, 7) is 4.22. The van der Waals surface area contributed by atoms with Crippen molar-refractivity contribution in [3.05, 3.63) is 41.1 Å². The number of carboxylic acid groups (broad SMARTS) is 1. The van der Waals surface area contributed by atoms with Crippen molar-refractivity contribution < 1.29 is 14.7 Å². The highest BCUT2D eigenvalue weighted by Gasteiger charge is 2.11. The van der Waals surface area contributed by atoms with Gasteiger partial charge in [-0.2, -0.15) is 5.26 Å². The summed E-state index contributed by atoms with van der Waals surface area (Å²) in [7, 11) is 0. The van der Waals surface area contributed by atoms with Crippen LogP contribution in [-0.4, -0.2) is 23.5 Å². The number of carbonyl (C=O) groups excluding carboxylic acids is 1. The summed E-state index contributed by atoms with van der Waals surface area (Å²) >= 11 is 0. The summed E-state index contributed by atoms with van der Waals surface area (Å²) in [5, 5.41) is 23.0. The van der Waals surface area contributed by atoms with Crippen molar-refractivity contribution in [2.45, 2.75) is 26.7 Å². The van der Waals surface area contributed by atoms with E-state index in [1.165, 1.54) is 6.20 Å². The first-order valence-corrected chi connectivity index (χ1v) is 6.88. The minimum absolute atomic E-state index is 0.0391. The second-order valence-electron chi connectivity index (χ2n) is 4.82. The van der Waals surface area contributed by atoms with Crippen molar-refractivity contribution in [1.82, 2.24) is 5.32 Å². The maximum Gasteiger partial charge on any atom is 0.303 e. The number of carbonyl (C=O) groups is 2. The Kier molecular flexibility index (Phi) is 6.64. The number of anilines is 1. The van der Waals surface area contributed by atoms with Crippen molar-refractivity contribution >= 4 is 17.6 Å². The van der Waals surface area contributed by atoms with E-state index >= 15 is 0 Å². The van der Waals surface area contributed by atoms with E-state index in [1.54, 1.807) is 6.07 Å². The number of aliphatic carboxylic acids is 1. The molecule has 3 N–H and O–H groups in total. The van der Waals surface area contributed by atoms with Crippen molar-refractivity contribution in [2.24, 2.45) is 0 Å². The van der Waals surface area contributed by atoms with Gasteiger partial charge in [0.25, 0.3) is 5.91 Å². The number of aryl methyl sites for hydroxylation is 1. The number of hydrogen-bond acceptors (Lipinski definition) is 4. The molecule has 0 aliphatic carbocycles. The largest absolute Gasteiger partial charge is 0.481 e. The van der Waals surface area contributed by atoms with Gasteiger partial charge in [-0.05, 0) is 37.5 Å². The molecule has 116 valence electrons. The molecule has 1 aromatic rings. The third-order valence-corrected chi connectivity index (χ3v) is 3.18. The SMILES string of the molecule is Cc1cccc(NC(=O)/C(C#N)=C\NCCCC(=O)O)c1C. The van der Waals surface area contributed by atoms with Crippen LogP contribution in [0.1, 0.15) is 24.0 Å². The zero-order valence-electron chi connectivity index (χ0n) is 12.6. The summed E-state index contributed by atoms with van der Waals surface area (Å²) in [6.07, 6.45) is 1.77. The van der Waals surface area contributed by atoms with E-state index in [-0.39, 0.29) is 12.0 Å². The Balaban J connectivity index is 2.63. The number of amides is 1. The molecule has 0 spiro atoms. The first-order valence-electron chi connectivity index (χ1n) is 6.88. The molecular formula is C16H19N3O3. The molecule has 0 fully saturated rings. The van der Waals surface area contributed by atoms with Gasteiger partial charge in [-0.25, -0.2) is 0 Å². The highest BCUT2D eigenvalue weighted by molar-refractivity contribution is 6.06. The molecule has 1 aromatic carbocycles. The number of nitriles is 1. The standard InChI is InChI=1S/C16H19N3O3/c1-11-5-3-6-14(12(11)2)19-16(22)13(9-17)10-18-8-4-7-15(20)21/h3,5-6,10,18H,4,7-8H2,1-2H3,(H,19,22)(H,20,21)/b13-10-. The molecule has 0 aliphatic rings. The van der Waals surface area contributed by atoms with Crippen molar-refractivity contribution in [3.8, 4) is 6.07 Å². The lowest BCUT2D eigenvalue weighted by Crippen LogP contribution is -2.18. The second kappa shape index (κ2) is 8.47. The Morgan fingerprint density at radius 3 is 2.73 bits per heavy atom. The first kappa shape index (κ1) is 17.2. The van der Waals surface area contributed by atoms with Crippen molar-refractivity contribution in [2.75, 3.05) is 11.9 Å². The van der Waals surface area contributed by atoms with Gasteiger partial charge in [0.15, 0.2) is 0 Å². The molecule has 0 saturated heterocycles. The molecule has 0 bridgehead atoms. The zero-order chi connectivity index (χ0) is 16.5. The lowest BCUT2D eigenvalue weighted by atomic mass is 10.1. The highest BCUT2D eigenvalue weighted by Crippen LogP contribution is 2.18. The van der Waals surface area contributed by atoms with Crippen LogP contribution in [0.25, 0.3) is 0 Å². The molecule has 0 atom stereocenters. The maximum atomic E-state index is 12.0. The predicted octanol–water partition coefficient (Wildman–Crippen LogP) is 2.10. The van der Waals surface area contributed by atoms with Gasteiger partial charge in [-0.15, -0.1) is 0 Å². The molecule has 6 heteroatoms. The topological polar surface area (TPSA) is 102 Å². The number of rotatable bonds is 7. The molecule has 0 unspecified atom stereocenters. The summed E-state index contributed by atoms with van der Waals surface area (Å²) in [6, 6.07) is 7.37. The normalized spacial score (nSPS) is 10.7. The Morgan fingerprint density at radius 1 is 1.36 bits per heavy atom. The number of benzene rings is 1. The summed E-state index contributed by atoms with van der Waals surface area (Å²) in [5.41, 5.74) is 2.60. The van der Waals surface area contributed by atoms with Crippen molar-refractivity contribution in [3.63, 3.8) is 0 Å². The zero-order valence-corrected chi connectivity index (χ0v) is 12.6. The molecule has 6 nitrogen and oxygen atoms in total. The lowest BCUT2D eigenvalue weighted by Gasteiger charge is -2.10. The smallest absolute Gasteiger partial charge is 0.303 e. The highest BCUT2D eigenvalue weighted by atomic mass is 16.4. The average molecular weight is 301 g/mol. The molecule has 0 radical (unpaired) electrons. The number of nitrogens with zero attached hydrogens (tertiary/aromatic N) is 1. The minimum Gasteiger partial charge on any atom is -0.481 e. The second-order valence-corrected chi connectivity index (χ2v) is 4.82. The van der Waals surface area contributed by atoms with E-state index in [4.69, 9.17) is 10.4 Å². The van der Waals surface area contributed by atoms with Gasteiger partial charge in [0.2, 0.25) is 0 Å². The summed E-state index contributed by atoms with van der Waals surface area (Å²) in [4.78, 5) is 22.4. The first-order chi connectivity index (χ1) is 10.5.